The highest BCUT2D eigenvalue weighted by atomic mass is 16.5. The molecule has 1 saturated heterocycles. The van der Waals surface area contributed by atoms with Gasteiger partial charge >= 0.3 is 0 Å². The zero-order valence-corrected chi connectivity index (χ0v) is 23.1. The summed E-state index contributed by atoms with van der Waals surface area (Å²) < 4.78 is 5.40. The number of aromatic nitrogens is 3. The summed E-state index contributed by atoms with van der Waals surface area (Å²) in [6.45, 7) is 8.19. The van der Waals surface area contributed by atoms with Crippen LogP contribution in [0.4, 0.5) is 5.69 Å². The molecule has 5 rings (SSSR count). The van der Waals surface area contributed by atoms with Crippen molar-refractivity contribution < 1.29 is 14.1 Å². The van der Waals surface area contributed by atoms with E-state index in [9.17, 15) is 9.59 Å². The molecule has 0 saturated carbocycles. The Balaban J connectivity index is 1.43. The lowest BCUT2D eigenvalue weighted by Crippen LogP contribution is -2.45. The summed E-state index contributed by atoms with van der Waals surface area (Å²) in [5, 5.41) is 4.04. The lowest BCUT2D eigenvalue weighted by atomic mass is 10.1. The Bertz CT molecular complexity index is 1280. The molecule has 1 fully saturated rings. The molecule has 3 aromatic rings. The molecule has 0 spiro atoms. The van der Waals surface area contributed by atoms with Crippen molar-refractivity contribution in [2.24, 2.45) is 0 Å². The van der Waals surface area contributed by atoms with Crippen LogP contribution in [-0.2, 0) is 29.1 Å². The smallest absolute Gasteiger partial charge is 0.227 e. The highest BCUT2D eigenvalue weighted by Gasteiger charge is 2.36. The summed E-state index contributed by atoms with van der Waals surface area (Å²) >= 11 is 0. The molecule has 2 atom stereocenters. The van der Waals surface area contributed by atoms with Crippen molar-refractivity contribution in [3.05, 3.63) is 71.6 Å². The number of para-hydroxylation sites is 1. The molecule has 2 aliphatic rings. The number of carbonyl (C=O) groups excluding carboxylic acids is 2. The molecular formula is C30H38N6O3. The maximum atomic E-state index is 13.8. The number of anilines is 1. The normalized spacial score (nSPS) is 20.1. The predicted molar refractivity (Wildman–Crippen MR) is 148 cm³/mol. The second kappa shape index (κ2) is 12.1. The van der Waals surface area contributed by atoms with E-state index >= 15 is 0 Å². The van der Waals surface area contributed by atoms with E-state index in [-0.39, 0.29) is 23.8 Å². The summed E-state index contributed by atoms with van der Waals surface area (Å²) in [5.41, 5.74) is 3.08. The zero-order valence-electron chi connectivity index (χ0n) is 23.1. The largest absolute Gasteiger partial charge is 0.339 e. The van der Waals surface area contributed by atoms with Crippen molar-refractivity contribution in [2.75, 3.05) is 18.0 Å². The van der Waals surface area contributed by atoms with Gasteiger partial charge in [0.1, 0.15) is 0 Å². The number of amides is 2. The number of fused-ring (bicyclic) bond motifs is 3. The molecule has 9 nitrogen and oxygen atoms in total. The molecule has 2 aliphatic heterocycles. The van der Waals surface area contributed by atoms with Crippen molar-refractivity contribution in [3.8, 4) is 0 Å². The van der Waals surface area contributed by atoms with Gasteiger partial charge in [-0.2, -0.15) is 4.98 Å². The van der Waals surface area contributed by atoms with Crippen molar-refractivity contribution in [2.45, 2.75) is 84.0 Å². The number of pyridine rings is 1. The summed E-state index contributed by atoms with van der Waals surface area (Å²) in [7, 11) is 0. The van der Waals surface area contributed by atoms with Crippen LogP contribution in [0, 0.1) is 0 Å². The molecule has 2 aromatic heterocycles. The maximum Gasteiger partial charge on any atom is 0.227 e. The van der Waals surface area contributed by atoms with Gasteiger partial charge in [-0.15, -0.1) is 0 Å². The average molecular weight is 531 g/mol. The molecule has 2 unspecified atom stereocenters. The van der Waals surface area contributed by atoms with Gasteiger partial charge in [0.2, 0.25) is 17.7 Å². The van der Waals surface area contributed by atoms with Gasteiger partial charge in [0.05, 0.1) is 0 Å². The standard InChI is InChI=1S/C30H38N6O3/c1-21(2)30-32-28(39-33-30)10-11-29(38)34-19-24-6-4-5-7-27(24)35(22(3)37)17-14-25-8-9-26(20-34)36(25)18-23-12-15-31-16-13-23/h4-7,12-13,15-16,21,25-26H,8-11,14,17-20H2,1-3H3. The van der Waals surface area contributed by atoms with E-state index < -0.39 is 0 Å². The Labute approximate surface area is 230 Å². The summed E-state index contributed by atoms with van der Waals surface area (Å²) in [6.07, 6.45) is 7.31. The van der Waals surface area contributed by atoms with Crippen molar-refractivity contribution in [1.82, 2.24) is 24.9 Å². The first-order valence-electron chi connectivity index (χ1n) is 14.0. The van der Waals surface area contributed by atoms with Gasteiger partial charge in [0.25, 0.3) is 0 Å². The summed E-state index contributed by atoms with van der Waals surface area (Å²) in [6, 6.07) is 12.7. The SMILES string of the molecule is CC(=O)N1CCC2CCC(CN(C(=O)CCc3nc(C(C)C)no3)Cc3ccccc31)N2Cc1ccncc1. The van der Waals surface area contributed by atoms with Gasteiger partial charge in [-0.05, 0) is 48.6 Å². The van der Waals surface area contributed by atoms with Crippen LogP contribution in [0.2, 0.25) is 0 Å². The van der Waals surface area contributed by atoms with Gasteiger partial charge in [-0.25, -0.2) is 0 Å². The van der Waals surface area contributed by atoms with Crippen LogP contribution in [0.15, 0.2) is 53.3 Å². The highest BCUT2D eigenvalue weighted by Crippen LogP contribution is 2.32. The molecular weight excluding hydrogens is 492 g/mol. The number of rotatable bonds is 6. The lowest BCUT2D eigenvalue weighted by molar-refractivity contribution is -0.132. The van der Waals surface area contributed by atoms with Crippen LogP contribution in [0.3, 0.4) is 0 Å². The van der Waals surface area contributed by atoms with E-state index in [0.29, 0.717) is 50.2 Å². The van der Waals surface area contributed by atoms with E-state index in [1.807, 2.05) is 60.3 Å². The molecule has 2 amide bonds. The van der Waals surface area contributed by atoms with Crippen LogP contribution in [0.5, 0.6) is 0 Å². The molecule has 206 valence electrons. The third kappa shape index (κ3) is 6.36. The second-order valence-corrected chi connectivity index (χ2v) is 11.0. The zero-order chi connectivity index (χ0) is 27.4. The van der Waals surface area contributed by atoms with Gasteiger partial charge in [0, 0.05) is 82.0 Å². The summed E-state index contributed by atoms with van der Waals surface area (Å²) in [4.78, 5) is 41.6. The Hall–Kier alpha value is -3.59. The first-order chi connectivity index (χ1) is 18.9. The maximum absolute atomic E-state index is 13.8. The minimum Gasteiger partial charge on any atom is -0.339 e. The number of aryl methyl sites for hydroxylation is 1. The molecule has 0 aliphatic carbocycles. The third-order valence-corrected chi connectivity index (χ3v) is 7.93. The van der Waals surface area contributed by atoms with Crippen LogP contribution in [0.1, 0.15) is 75.2 Å². The molecule has 1 aromatic carbocycles. The van der Waals surface area contributed by atoms with E-state index in [0.717, 1.165) is 37.1 Å². The van der Waals surface area contributed by atoms with Gasteiger partial charge < -0.3 is 14.3 Å². The quantitative estimate of drug-likeness (QED) is 0.468. The predicted octanol–water partition coefficient (Wildman–Crippen LogP) is 4.34. The lowest BCUT2D eigenvalue weighted by Gasteiger charge is -2.34. The number of hydrogen-bond donors (Lipinski definition) is 0. The van der Waals surface area contributed by atoms with Gasteiger partial charge in [-0.3, -0.25) is 19.5 Å². The number of carbonyl (C=O) groups is 2. The van der Waals surface area contributed by atoms with E-state index in [1.165, 1.54) is 5.56 Å². The van der Waals surface area contributed by atoms with Crippen LogP contribution in [-0.4, -0.2) is 61.9 Å². The first kappa shape index (κ1) is 27.0. The van der Waals surface area contributed by atoms with Crippen molar-refractivity contribution in [3.63, 3.8) is 0 Å². The minimum atomic E-state index is 0.0205. The van der Waals surface area contributed by atoms with Crippen LogP contribution >= 0.6 is 0 Å². The molecule has 0 N–H and O–H groups in total. The fraction of sp³-hybridized carbons (Fsp3) is 0.500. The number of hydrogen-bond acceptors (Lipinski definition) is 7. The topological polar surface area (TPSA) is 95.7 Å². The first-order valence-corrected chi connectivity index (χ1v) is 14.0. The Morgan fingerprint density at radius 2 is 1.82 bits per heavy atom. The van der Waals surface area contributed by atoms with Crippen LogP contribution in [0.25, 0.3) is 0 Å². The van der Waals surface area contributed by atoms with E-state index in [2.05, 4.69) is 32.2 Å². The molecule has 9 heteroatoms. The molecule has 2 bridgehead atoms. The fourth-order valence-corrected chi connectivity index (χ4v) is 5.80. The number of benzene rings is 1. The van der Waals surface area contributed by atoms with E-state index in [4.69, 9.17) is 4.52 Å². The van der Waals surface area contributed by atoms with Crippen molar-refractivity contribution >= 4 is 17.5 Å². The molecule has 39 heavy (non-hydrogen) atoms. The van der Waals surface area contributed by atoms with Gasteiger partial charge in [0.15, 0.2) is 5.82 Å². The Kier molecular flexibility index (Phi) is 8.35. The number of nitrogens with zero attached hydrogens (tertiary/aromatic N) is 6. The fourth-order valence-electron chi connectivity index (χ4n) is 5.80. The second-order valence-electron chi connectivity index (χ2n) is 11.0. The minimum absolute atomic E-state index is 0.0205. The highest BCUT2D eigenvalue weighted by molar-refractivity contribution is 5.92. The van der Waals surface area contributed by atoms with E-state index in [1.54, 1.807) is 6.92 Å². The Morgan fingerprint density at radius 1 is 1.05 bits per heavy atom. The third-order valence-electron chi connectivity index (χ3n) is 7.93. The average Bonchev–Trinajstić information content (AvgIpc) is 3.55. The molecule has 4 heterocycles. The Morgan fingerprint density at radius 3 is 2.56 bits per heavy atom. The monoisotopic (exact) mass is 530 g/mol. The van der Waals surface area contributed by atoms with Gasteiger partial charge in [-0.1, -0.05) is 37.2 Å². The molecule has 0 radical (unpaired) electrons. The van der Waals surface area contributed by atoms with Crippen molar-refractivity contribution in [1.29, 1.82) is 0 Å². The van der Waals surface area contributed by atoms with Crippen LogP contribution < -0.4 is 4.90 Å². The summed E-state index contributed by atoms with van der Waals surface area (Å²) in [5.74, 6) is 1.40.